The zero-order chi connectivity index (χ0) is 17.2. The molecule has 1 atom stereocenters. The van der Waals surface area contributed by atoms with E-state index in [-0.39, 0.29) is 11.9 Å². The maximum absolute atomic E-state index is 13.0. The Balaban J connectivity index is 1.68. The van der Waals surface area contributed by atoms with Gasteiger partial charge in [0, 0.05) is 11.4 Å². The van der Waals surface area contributed by atoms with Crippen molar-refractivity contribution in [2.75, 3.05) is 0 Å². The molecule has 4 rings (SSSR count). The van der Waals surface area contributed by atoms with Gasteiger partial charge in [-0.3, -0.25) is 4.79 Å². The number of benzene rings is 1. The minimum absolute atomic E-state index is 0.0677. The maximum atomic E-state index is 13.0. The lowest BCUT2D eigenvalue weighted by Gasteiger charge is -2.24. The van der Waals surface area contributed by atoms with E-state index in [0.29, 0.717) is 6.04 Å². The SMILES string of the molecule is CC(c1ccccc1)n1c(C(=O)NC2CCCCC2)cc2ccsc21. The largest absolute Gasteiger partial charge is 0.348 e. The minimum atomic E-state index is 0.0677. The molecule has 0 bridgehead atoms. The summed E-state index contributed by atoms with van der Waals surface area (Å²) < 4.78 is 2.20. The van der Waals surface area contributed by atoms with Crippen LogP contribution in [0.4, 0.5) is 0 Å². The molecule has 0 spiro atoms. The third-order valence-electron chi connectivity index (χ3n) is 5.29. The molecule has 1 aliphatic carbocycles. The van der Waals surface area contributed by atoms with Crippen molar-refractivity contribution in [3.63, 3.8) is 0 Å². The topological polar surface area (TPSA) is 34.0 Å². The van der Waals surface area contributed by atoms with E-state index in [0.717, 1.165) is 23.9 Å². The van der Waals surface area contributed by atoms with Gasteiger partial charge >= 0.3 is 0 Å². The van der Waals surface area contributed by atoms with Crippen LogP contribution in [0.5, 0.6) is 0 Å². The smallest absolute Gasteiger partial charge is 0.268 e. The predicted molar refractivity (Wildman–Crippen MR) is 104 cm³/mol. The lowest BCUT2D eigenvalue weighted by Crippen LogP contribution is -2.37. The van der Waals surface area contributed by atoms with Crippen LogP contribution in [-0.2, 0) is 0 Å². The summed E-state index contributed by atoms with van der Waals surface area (Å²) in [5.41, 5.74) is 2.00. The number of nitrogens with zero attached hydrogens (tertiary/aromatic N) is 1. The number of carbonyl (C=O) groups is 1. The van der Waals surface area contributed by atoms with Crippen LogP contribution in [-0.4, -0.2) is 16.5 Å². The molecule has 1 fully saturated rings. The Morgan fingerprint density at radius 2 is 1.92 bits per heavy atom. The van der Waals surface area contributed by atoms with Gasteiger partial charge in [-0.15, -0.1) is 11.3 Å². The molecule has 3 nitrogen and oxygen atoms in total. The first-order valence-corrected chi connectivity index (χ1v) is 10.1. The molecule has 0 radical (unpaired) electrons. The van der Waals surface area contributed by atoms with Crippen LogP contribution >= 0.6 is 11.3 Å². The number of thiophene rings is 1. The fourth-order valence-electron chi connectivity index (χ4n) is 3.89. The van der Waals surface area contributed by atoms with Crippen LogP contribution in [0.1, 0.15) is 61.1 Å². The lowest BCUT2D eigenvalue weighted by molar-refractivity contribution is 0.0918. The van der Waals surface area contributed by atoms with E-state index in [2.05, 4.69) is 52.5 Å². The van der Waals surface area contributed by atoms with E-state index in [4.69, 9.17) is 0 Å². The van der Waals surface area contributed by atoms with Crippen molar-refractivity contribution in [1.82, 2.24) is 9.88 Å². The van der Waals surface area contributed by atoms with Crippen LogP contribution in [0.3, 0.4) is 0 Å². The minimum Gasteiger partial charge on any atom is -0.348 e. The Bertz CT molecular complexity index is 859. The van der Waals surface area contributed by atoms with Crippen molar-refractivity contribution in [1.29, 1.82) is 0 Å². The van der Waals surface area contributed by atoms with Crippen molar-refractivity contribution in [3.05, 3.63) is 59.1 Å². The van der Waals surface area contributed by atoms with Crippen LogP contribution in [0, 0.1) is 0 Å². The van der Waals surface area contributed by atoms with Crippen LogP contribution < -0.4 is 5.32 Å². The van der Waals surface area contributed by atoms with Crippen molar-refractivity contribution < 1.29 is 4.79 Å². The summed E-state index contributed by atoms with van der Waals surface area (Å²) in [5.74, 6) is 0.0677. The highest BCUT2D eigenvalue weighted by Crippen LogP contribution is 2.32. The highest BCUT2D eigenvalue weighted by atomic mass is 32.1. The summed E-state index contributed by atoms with van der Waals surface area (Å²) in [4.78, 5) is 14.2. The third kappa shape index (κ3) is 3.23. The second kappa shape index (κ2) is 7.04. The van der Waals surface area contributed by atoms with E-state index >= 15 is 0 Å². The molecule has 0 aliphatic heterocycles. The molecule has 2 heterocycles. The van der Waals surface area contributed by atoms with Gasteiger partial charge in [-0.25, -0.2) is 0 Å². The molecule has 1 aliphatic rings. The zero-order valence-electron chi connectivity index (χ0n) is 14.6. The molecule has 1 N–H and O–H groups in total. The summed E-state index contributed by atoms with van der Waals surface area (Å²) in [7, 11) is 0. The zero-order valence-corrected chi connectivity index (χ0v) is 15.4. The number of hydrogen-bond acceptors (Lipinski definition) is 2. The van der Waals surface area contributed by atoms with Gasteiger partial charge in [0.2, 0.25) is 0 Å². The fourth-order valence-corrected chi connectivity index (χ4v) is 4.87. The number of hydrogen-bond donors (Lipinski definition) is 1. The van der Waals surface area contributed by atoms with Gasteiger partial charge in [-0.2, -0.15) is 0 Å². The molecule has 2 aromatic heterocycles. The highest BCUT2D eigenvalue weighted by molar-refractivity contribution is 7.16. The molecule has 0 saturated heterocycles. The van der Waals surface area contributed by atoms with Gasteiger partial charge in [0.15, 0.2) is 0 Å². The first-order chi connectivity index (χ1) is 12.2. The summed E-state index contributed by atoms with van der Waals surface area (Å²) in [6.07, 6.45) is 5.95. The van der Waals surface area contributed by atoms with Crippen molar-refractivity contribution in [2.24, 2.45) is 0 Å². The third-order valence-corrected chi connectivity index (χ3v) is 6.21. The molecule has 4 heteroatoms. The van der Waals surface area contributed by atoms with Crippen LogP contribution in [0.2, 0.25) is 0 Å². The Morgan fingerprint density at radius 3 is 2.68 bits per heavy atom. The Labute approximate surface area is 152 Å². The van der Waals surface area contributed by atoms with E-state index < -0.39 is 0 Å². The Morgan fingerprint density at radius 1 is 1.16 bits per heavy atom. The van der Waals surface area contributed by atoms with Crippen LogP contribution in [0.25, 0.3) is 10.2 Å². The Hall–Kier alpha value is -2.07. The van der Waals surface area contributed by atoms with Gasteiger partial charge in [-0.05, 0) is 42.8 Å². The van der Waals surface area contributed by atoms with E-state index in [9.17, 15) is 4.79 Å². The van der Waals surface area contributed by atoms with E-state index in [1.54, 1.807) is 11.3 Å². The second-order valence-corrected chi connectivity index (χ2v) is 7.87. The summed E-state index contributed by atoms with van der Waals surface area (Å²) >= 11 is 1.70. The number of carbonyl (C=O) groups excluding carboxylic acids is 1. The number of amides is 1. The van der Waals surface area contributed by atoms with Gasteiger partial charge in [-0.1, -0.05) is 49.6 Å². The normalized spacial score (nSPS) is 16.8. The van der Waals surface area contributed by atoms with Gasteiger partial charge < -0.3 is 9.88 Å². The molecule has 1 unspecified atom stereocenters. The average Bonchev–Trinajstić information content (AvgIpc) is 3.24. The van der Waals surface area contributed by atoms with Crippen molar-refractivity contribution in [3.8, 4) is 0 Å². The summed E-state index contributed by atoms with van der Waals surface area (Å²) in [6, 6.07) is 15.0. The second-order valence-electron chi connectivity index (χ2n) is 6.98. The Kier molecular flexibility index (Phi) is 4.62. The molecule has 3 aromatic rings. The molecule has 25 heavy (non-hydrogen) atoms. The number of fused-ring (bicyclic) bond motifs is 1. The maximum Gasteiger partial charge on any atom is 0.268 e. The summed E-state index contributed by atoms with van der Waals surface area (Å²) in [5, 5.41) is 6.53. The van der Waals surface area contributed by atoms with Crippen LogP contribution in [0.15, 0.2) is 47.8 Å². The van der Waals surface area contributed by atoms with E-state index in [1.165, 1.54) is 29.7 Å². The van der Waals surface area contributed by atoms with Crippen molar-refractivity contribution >= 4 is 27.5 Å². The average molecular weight is 353 g/mol. The predicted octanol–water partition coefficient (Wildman–Crippen LogP) is 5.37. The van der Waals surface area contributed by atoms with E-state index in [1.807, 2.05) is 12.1 Å². The molecular weight excluding hydrogens is 328 g/mol. The van der Waals surface area contributed by atoms with Gasteiger partial charge in [0.25, 0.3) is 5.91 Å². The number of rotatable bonds is 4. The first-order valence-electron chi connectivity index (χ1n) is 9.18. The highest BCUT2D eigenvalue weighted by Gasteiger charge is 2.23. The summed E-state index contributed by atoms with van der Waals surface area (Å²) in [6.45, 7) is 2.17. The fraction of sp³-hybridized carbons (Fsp3) is 0.381. The monoisotopic (exact) mass is 352 g/mol. The van der Waals surface area contributed by atoms with Gasteiger partial charge in [0.05, 0.1) is 6.04 Å². The number of aromatic nitrogens is 1. The quantitative estimate of drug-likeness (QED) is 0.672. The molecule has 130 valence electrons. The molecular formula is C21H24N2OS. The lowest BCUT2D eigenvalue weighted by atomic mass is 9.95. The molecule has 1 saturated carbocycles. The van der Waals surface area contributed by atoms with Crippen molar-refractivity contribution in [2.45, 2.75) is 51.1 Å². The molecule has 1 amide bonds. The first kappa shape index (κ1) is 16.4. The number of nitrogens with one attached hydrogen (secondary N) is 1. The standard InChI is InChI=1S/C21H24N2OS/c1-15(16-8-4-2-5-9-16)23-19(14-17-12-13-25-21(17)23)20(24)22-18-10-6-3-7-11-18/h2,4-5,8-9,12-15,18H,3,6-7,10-11H2,1H3,(H,22,24). The molecule has 1 aromatic carbocycles. The van der Waals surface area contributed by atoms with Gasteiger partial charge in [0.1, 0.15) is 10.5 Å².